The maximum atomic E-state index is 12.3. The van der Waals surface area contributed by atoms with Crippen LogP contribution < -0.4 is 5.32 Å². The molecule has 136 valence electrons. The molecular formula is C22H21N3OS. The Bertz CT molecular complexity index is 994. The van der Waals surface area contributed by atoms with Gasteiger partial charge in [0.15, 0.2) is 0 Å². The molecule has 0 aliphatic rings. The average molecular weight is 375 g/mol. The summed E-state index contributed by atoms with van der Waals surface area (Å²) in [5, 5.41) is 15.1. The van der Waals surface area contributed by atoms with Crippen LogP contribution in [-0.4, -0.2) is 16.6 Å². The van der Waals surface area contributed by atoms with Crippen LogP contribution in [-0.2, 0) is 11.2 Å². The number of carbonyl (C=O) groups is 1. The summed E-state index contributed by atoms with van der Waals surface area (Å²) in [5.41, 5.74) is 2.35. The highest BCUT2D eigenvalue weighted by atomic mass is 32.2. The molecule has 5 heteroatoms. The van der Waals surface area contributed by atoms with Crippen LogP contribution in [0.15, 0.2) is 59.6 Å². The third kappa shape index (κ3) is 5.08. The number of thioether (sulfide) groups is 1. The zero-order chi connectivity index (χ0) is 19.1. The first-order valence-corrected chi connectivity index (χ1v) is 9.99. The van der Waals surface area contributed by atoms with E-state index in [0.717, 1.165) is 35.0 Å². The van der Waals surface area contributed by atoms with Gasteiger partial charge in [-0.3, -0.25) is 4.79 Å². The summed E-state index contributed by atoms with van der Waals surface area (Å²) >= 11 is 1.46. The van der Waals surface area contributed by atoms with Crippen LogP contribution in [0.3, 0.4) is 0 Å². The predicted molar refractivity (Wildman–Crippen MR) is 111 cm³/mol. The topological polar surface area (TPSA) is 65.8 Å². The van der Waals surface area contributed by atoms with Gasteiger partial charge in [0.25, 0.3) is 0 Å². The fourth-order valence-corrected chi connectivity index (χ4v) is 3.73. The maximum absolute atomic E-state index is 12.3. The van der Waals surface area contributed by atoms with E-state index >= 15 is 0 Å². The molecule has 1 aromatic heterocycles. The summed E-state index contributed by atoms with van der Waals surface area (Å²) in [7, 11) is 0. The number of rotatable bonds is 7. The first kappa shape index (κ1) is 18.9. The summed E-state index contributed by atoms with van der Waals surface area (Å²) in [4.78, 5) is 16.8. The first-order valence-electron chi connectivity index (χ1n) is 9.01. The fraction of sp³-hybridized carbons (Fsp3) is 0.227. The van der Waals surface area contributed by atoms with Gasteiger partial charge >= 0.3 is 0 Å². The largest absolute Gasteiger partial charge is 0.326 e. The van der Waals surface area contributed by atoms with E-state index in [4.69, 9.17) is 0 Å². The molecule has 0 aliphatic heterocycles. The van der Waals surface area contributed by atoms with E-state index < -0.39 is 0 Å². The van der Waals surface area contributed by atoms with E-state index in [0.29, 0.717) is 22.8 Å². The zero-order valence-electron chi connectivity index (χ0n) is 15.2. The Hall–Kier alpha value is -2.84. The Morgan fingerprint density at radius 2 is 1.96 bits per heavy atom. The summed E-state index contributed by atoms with van der Waals surface area (Å²) in [6.07, 6.45) is 2.26. The highest BCUT2D eigenvalue weighted by molar-refractivity contribution is 7.99. The first-order chi connectivity index (χ1) is 13.2. The average Bonchev–Trinajstić information content (AvgIpc) is 2.68. The summed E-state index contributed by atoms with van der Waals surface area (Å²) < 4.78 is 0. The Labute approximate surface area is 163 Å². The molecule has 4 nitrogen and oxygen atoms in total. The van der Waals surface area contributed by atoms with Crippen molar-refractivity contribution in [2.45, 2.75) is 31.2 Å². The van der Waals surface area contributed by atoms with Crippen molar-refractivity contribution in [3.8, 4) is 6.07 Å². The predicted octanol–water partition coefficient (Wildman–Crippen LogP) is 5.18. The number of pyridine rings is 1. The van der Waals surface area contributed by atoms with Crippen molar-refractivity contribution in [1.82, 2.24) is 4.98 Å². The van der Waals surface area contributed by atoms with Crippen LogP contribution in [0.4, 0.5) is 5.69 Å². The monoisotopic (exact) mass is 375 g/mol. The lowest BCUT2D eigenvalue weighted by Gasteiger charge is -2.08. The molecule has 1 heterocycles. The van der Waals surface area contributed by atoms with Gasteiger partial charge < -0.3 is 5.32 Å². The van der Waals surface area contributed by atoms with Gasteiger partial charge in [-0.05, 0) is 41.5 Å². The SMILES string of the molecule is CCCc1ccc(C#N)c(SCCC(=O)Nc2ccc3ccccc3c2)n1. The Morgan fingerprint density at radius 3 is 2.74 bits per heavy atom. The van der Waals surface area contributed by atoms with E-state index in [-0.39, 0.29) is 5.91 Å². The van der Waals surface area contributed by atoms with Crippen molar-refractivity contribution in [3.63, 3.8) is 0 Å². The molecule has 0 bridgehead atoms. The molecule has 0 unspecified atom stereocenters. The minimum absolute atomic E-state index is 0.0407. The van der Waals surface area contributed by atoms with Crippen molar-refractivity contribution >= 4 is 34.1 Å². The van der Waals surface area contributed by atoms with Gasteiger partial charge in [0.2, 0.25) is 5.91 Å². The van der Waals surface area contributed by atoms with Crippen LogP contribution in [0.5, 0.6) is 0 Å². The highest BCUT2D eigenvalue weighted by Crippen LogP contribution is 2.23. The molecule has 1 N–H and O–H groups in total. The molecule has 0 aliphatic carbocycles. The number of hydrogen-bond donors (Lipinski definition) is 1. The molecule has 0 spiro atoms. The maximum Gasteiger partial charge on any atom is 0.225 e. The van der Waals surface area contributed by atoms with Gasteiger partial charge in [-0.25, -0.2) is 4.98 Å². The normalized spacial score (nSPS) is 10.5. The van der Waals surface area contributed by atoms with Crippen molar-refractivity contribution < 1.29 is 4.79 Å². The number of anilines is 1. The molecule has 27 heavy (non-hydrogen) atoms. The Balaban J connectivity index is 1.57. The number of aryl methyl sites for hydroxylation is 1. The van der Waals surface area contributed by atoms with Gasteiger partial charge in [0, 0.05) is 23.6 Å². The zero-order valence-corrected chi connectivity index (χ0v) is 16.1. The second-order valence-corrected chi connectivity index (χ2v) is 7.31. The van der Waals surface area contributed by atoms with Crippen molar-refractivity contribution in [1.29, 1.82) is 5.26 Å². The number of nitriles is 1. The number of fused-ring (bicyclic) bond motifs is 1. The van der Waals surface area contributed by atoms with Crippen molar-refractivity contribution in [2.24, 2.45) is 0 Å². The van der Waals surface area contributed by atoms with Crippen LogP contribution in [0.25, 0.3) is 10.8 Å². The number of nitrogens with zero attached hydrogens (tertiary/aromatic N) is 2. The summed E-state index contributed by atoms with van der Waals surface area (Å²) in [6.45, 7) is 2.10. The van der Waals surface area contributed by atoms with Crippen LogP contribution in [0, 0.1) is 11.3 Å². The number of aromatic nitrogens is 1. The molecular weight excluding hydrogens is 354 g/mol. The second kappa shape index (κ2) is 9.20. The highest BCUT2D eigenvalue weighted by Gasteiger charge is 2.09. The Kier molecular flexibility index (Phi) is 6.45. The van der Waals surface area contributed by atoms with Crippen LogP contribution in [0.2, 0.25) is 0 Å². The van der Waals surface area contributed by atoms with Gasteiger partial charge in [0.1, 0.15) is 11.1 Å². The summed E-state index contributed by atoms with van der Waals surface area (Å²) in [5.74, 6) is 0.539. The number of carbonyl (C=O) groups excluding carboxylic acids is 1. The fourth-order valence-electron chi connectivity index (χ4n) is 2.80. The standard InChI is InChI=1S/C22H21N3OS/c1-2-5-19-10-9-18(15-23)22(25-19)27-13-12-21(26)24-20-11-8-16-6-3-4-7-17(16)14-20/h3-4,6-11,14H,2,5,12-13H2,1H3,(H,24,26). The molecule has 2 aromatic carbocycles. The van der Waals surface area contributed by atoms with Gasteiger partial charge in [-0.1, -0.05) is 43.7 Å². The van der Waals surface area contributed by atoms with Gasteiger partial charge in [-0.2, -0.15) is 5.26 Å². The van der Waals surface area contributed by atoms with Crippen molar-refractivity contribution in [3.05, 3.63) is 65.9 Å². The molecule has 3 rings (SSSR count). The number of nitrogens with one attached hydrogen (secondary N) is 1. The number of hydrogen-bond acceptors (Lipinski definition) is 4. The molecule has 0 radical (unpaired) electrons. The van der Waals surface area contributed by atoms with Gasteiger partial charge in [0.05, 0.1) is 5.56 Å². The lowest BCUT2D eigenvalue weighted by atomic mass is 10.1. The van der Waals surface area contributed by atoms with E-state index in [9.17, 15) is 10.1 Å². The third-order valence-corrected chi connectivity index (χ3v) is 5.14. The Morgan fingerprint density at radius 1 is 1.15 bits per heavy atom. The minimum Gasteiger partial charge on any atom is -0.326 e. The molecule has 1 amide bonds. The smallest absolute Gasteiger partial charge is 0.225 e. The third-order valence-electron chi connectivity index (χ3n) is 4.15. The number of benzene rings is 2. The van der Waals surface area contributed by atoms with E-state index in [2.05, 4.69) is 23.3 Å². The molecule has 0 saturated heterocycles. The van der Waals surface area contributed by atoms with Crippen LogP contribution in [0.1, 0.15) is 31.0 Å². The molecule has 0 fully saturated rings. The second-order valence-electron chi connectivity index (χ2n) is 6.23. The van der Waals surface area contributed by atoms with Crippen molar-refractivity contribution in [2.75, 3.05) is 11.1 Å². The lowest BCUT2D eigenvalue weighted by molar-refractivity contribution is -0.115. The summed E-state index contributed by atoms with van der Waals surface area (Å²) in [6, 6.07) is 19.8. The molecule has 0 atom stereocenters. The van der Waals surface area contributed by atoms with Crippen LogP contribution >= 0.6 is 11.8 Å². The lowest BCUT2D eigenvalue weighted by Crippen LogP contribution is -2.12. The van der Waals surface area contributed by atoms with E-state index in [1.54, 1.807) is 0 Å². The van der Waals surface area contributed by atoms with E-state index in [1.807, 2.05) is 54.6 Å². The number of amides is 1. The van der Waals surface area contributed by atoms with E-state index in [1.165, 1.54) is 11.8 Å². The van der Waals surface area contributed by atoms with Gasteiger partial charge in [-0.15, -0.1) is 11.8 Å². The minimum atomic E-state index is -0.0407. The quantitative estimate of drug-likeness (QED) is 0.578. The molecule has 3 aromatic rings. The molecule has 0 saturated carbocycles.